The molecule has 0 aromatic heterocycles. The van der Waals surface area contributed by atoms with Crippen molar-refractivity contribution in [3.8, 4) is 22.6 Å². The van der Waals surface area contributed by atoms with Gasteiger partial charge in [-0.15, -0.1) is 0 Å². The molecule has 1 aliphatic carbocycles. The van der Waals surface area contributed by atoms with Crippen molar-refractivity contribution in [2.45, 2.75) is 25.7 Å². The summed E-state index contributed by atoms with van der Waals surface area (Å²) in [6, 6.07) is 15.4. The van der Waals surface area contributed by atoms with Gasteiger partial charge < -0.3 is 10.2 Å². The van der Waals surface area contributed by atoms with Crippen molar-refractivity contribution in [3.63, 3.8) is 0 Å². The molecule has 3 aromatic carbocycles. The average molecular weight is 290 g/mol. The van der Waals surface area contributed by atoms with Crippen LogP contribution in [0.4, 0.5) is 0 Å². The van der Waals surface area contributed by atoms with E-state index >= 15 is 0 Å². The number of benzene rings is 3. The SMILES string of the molecule is Oc1ccc2c(c1-c1c(O)ccc3ccccc13)CCCC2. The monoisotopic (exact) mass is 290 g/mol. The van der Waals surface area contributed by atoms with Gasteiger partial charge in [-0.1, -0.05) is 36.4 Å². The third-order valence-electron chi connectivity index (χ3n) is 4.67. The molecule has 0 saturated heterocycles. The second-order valence-corrected chi connectivity index (χ2v) is 5.99. The number of phenolic OH excluding ortho intramolecular Hbond substituents is 2. The van der Waals surface area contributed by atoms with Gasteiger partial charge in [0.1, 0.15) is 11.5 Å². The van der Waals surface area contributed by atoms with Crippen molar-refractivity contribution in [1.82, 2.24) is 0 Å². The Balaban J connectivity index is 2.10. The van der Waals surface area contributed by atoms with Crippen LogP contribution in [0.5, 0.6) is 11.5 Å². The summed E-state index contributed by atoms with van der Waals surface area (Å²) >= 11 is 0. The number of phenols is 2. The number of hydrogen-bond donors (Lipinski definition) is 2. The molecule has 0 bridgehead atoms. The molecule has 1 aliphatic rings. The molecule has 0 fully saturated rings. The fraction of sp³-hybridized carbons (Fsp3) is 0.200. The number of hydrogen-bond acceptors (Lipinski definition) is 2. The van der Waals surface area contributed by atoms with Crippen LogP contribution in [0, 0.1) is 0 Å². The lowest BCUT2D eigenvalue weighted by molar-refractivity contribution is 0.468. The largest absolute Gasteiger partial charge is 0.507 e. The van der Waals surface area contributed by atoms with Gasteiger partial charge in [0.15, 0.2) is 0 Å². The first-order chi connectivity index (χ1) is 10.8. The van der Waals surface area contributed by atoms with Crippen LogP contribution in [0.3, 0.4) is 0 Å². The van der Waals surface area contributed by atoms with E-state index in [1.165, 1.54) is 17.5 Å². The average Bonchev–Trinajstić information content (AvgIpc) is 2.56. The van der Waals surface area contributed by atoms with E-state index in [0.29, 0.717) is 0 Å². The van der Waals surface area contributed by atoms with Crippen molar-refractivity contribution in [2.75, 3.05) is 0 Å². The summed E-state index contributed by atoms with van der Waals surface area (Å²) < 4.78 is 0. The van der Waals surface area contributed by atoms with E-state index in [9.17, 15) is 10.2 Å². The molecule has 22 heavy (non-hydrogen) atoms. The van der Waals surface area contributed by atoms with Gasteiger partial charge in [-0.25, -0.2) is 0 Å². The van der Waals surface area contributed by atoms with E-state index in [-0.39, 0.29) is 11.5 Å². The van der Waals surface area contributed by atoms with Crippen LogP contribution < -0.4 is 0 Å². The fourth-order valence-corrected chi connectivity index (χ4v) is 3.62. The van der Waals surface area contributed by atoms with Crippen molar-refractivity contribution in [3.05, 3.63) is 59.7 Å². The highest BCUT2D eigenvalue weighted by Crippen LogP contribution is 2.45. The van der Waals surface area contributed by atoms with Gasteiger partial charge in [0.2, 0.25) is 0 Å². The van der Waals surface area contributed by atoms with E-state index in [4.69, 9.17) is 0 Å². The summed E-state index contributed by atoms with van der Waals surface area (Å²) in [7, 11) is 0. The Morgan fingerprint density at radius 2 is 1.41 bits per heavy atom. The summed E-state index contributed by atoms with van der Waals surface area (Å²) in [5, 5.41) is 23.0. The van der Waals surface area contributed by atoms with Gasteiger partial charge in [-0.2, -0.15) is 0 Å². The van der Waals surface area contributed by atoms with Gasteiger partial charge in [0.25, 0.3) is 0 Å². The van der Waals surface area contributed by atoms with Crippen LogP contribution in [0.1, 0.15) is 24.0 Å². The van der Waals surface area contributed by atoms with Crippen LogP contribution in [-0.4, -0.2) is 10.2 Å². The van der Waals surface area contributed by atoms with Gasteiger partial charge in [-0.05, 0) is 59.7 Å². The molecule has 0 saturated carbocycles. The second kappa shape index (κ2) is 5.06. The van der Waals surface area contributed by atoms with E-state index in [1.807, 2.05) is 36.4 Å². The Morgan fingerprint density at radius 3 is 2.32 bits per heavy atom. The van der Waals surface area contributed by atoms with Gasteiger partial charge in [0.05, 0.1) is 0 Å². The second-order valence-electron chi connectivity index (χ2n) is 5.99. The van der Waals surface area contributed by atoms with Gasteiger partial charge in [-0.3, -0.25) is 0 Å². The Hall–Kier alpha value is -2.48. The molecule has 4 rings (SSSR count). The highest BCUT2D eigenvalue weighted by Gasteiger charge is 2.21. The molecule has 0 atom stereocenters. The molecule has 0 heterocycles. The van der Waals surface area contributed by atoms with Crippen molar-refractivity contribution in [2.24, 2.45) is 0 Å². The summed E-state index contributed by atoms with van der Waals surface area (Å²) in [6.07, 6.45) is 4.34. The molecule has 0 aliphatic heterocycles. The molecule has 0 spiro atoms. The van der Waals surface area contributed by atoms with Crippen LogP contribution in [0.15, 0.2) is 48.5 Å². The first-order valence-electron chi connectivity index (χ1n) is 7.80. The normalized spacial score (nSPS) is 14.0. The maximum atomic E-state index is 10.5. The molecule has 110 valence electrons. The van der Waals surface area contributed by atoms with E-state index < -0.39 is 0 Å². The third kappa shape index (κ3) is 1.95. The molecular formula is C20H18O2. The van der Waals surface area contributed by atoms with Gasteiger partial charge >= 0.3 is 0 Å². The molecule has 2 N–H and O–H groups in total. The van der Waals surface area contributed by atoms with Crippen molar-refractivity contribution < 1.29 is 10.2 Å². The van der Waals surface area contributed by atoms with E-state index in [0.717, 1.165) is 41.2 Å². The molecular weight excluding hydrogens is 272 g/mol. The summed E-state index contributed by atoms with van der Waals surface area (Å²) in [5.74, 6) is 0.486. The highest BCUT2D eigenvalue weighted by atomic mass is 16.3. The maximum Gasteiger partial charge on any atom is 0.124 e. The Bertz CT molecular complexity index is 865. The number of aromatic hydroxyl groups is 2. The summed E-state index contributed by atoms with van der Waals surface area (Å²) in [5.41, 5.74) is 4.06. The van der Waals surface area contributed by atoms with Crippen LogP contribution in [0.25, 0.3) is 21.9 Å². The zero-order valence-corrected chi connectivity index (χ0v) is 12.3. The lowest BCUT2D eigenvalue weighted by Gasteiger charge is -2.22. The Kier molecular flexibility index (Phi) is 3.04. The fourth-order valence-electron chi connectivity index (χ4n) is 3.62. The van der Waals surface area contributed by atoms with E-state index in [2.05, 4.69) is 0 Å². The smallest absolute Gasteiger partial charge is 0.124 e. The van der Waals surface area contributed by atoms with Gasteiger partial charge in [0, 0.05) is 11.1 Å². The molecule has 2 nitrogen and oxygen atoms in total. The van der Waals surface area contributed by atoms with Crippen molar-refractivity contribution >= 4 is 10.8 Å². The van der Waals surface area contributed by atoms with Crippen molar-refractivity contribution in [1.29, 1.82) is 0 Å². The highest BCUT2D eigenvalue weighted by molar-refractivity contribution is 6.01. The topological polar surface area (TPSA) is 40.5 Å². The molecule has 0 radical (unpaired) electrons. The molecule has 0 amide bonds. The first kappa shape index (κ1) is 13.2. The van der Waals surface area contributed by atoms with Crippen LogP contribution >= 0.6 is 0 Å². The standard InChI is InChI=1S/C20H18O2/c21-17-11-9-13-5-1-3-7-15(13)19(17)20-16-8-4-2-6-14(16)10-12-18(20)22/h1,3,5,7,9-12,21-22H,2,4,6,8H2. The van der Waals surface area contributed by atoms with Crippen LogP contribution in [0.2, 0.25) is 0 Å². The minimum absolute atomic E-state index is 0.230. The maximum absolute atomic E-state index is 10.5. The van der Waals surface area contributed by atoms with E-state index in [1.54, 1.807) is 12.1 Å². The predicted octanol–water partition coefficient (Wildman–Crippen LogP) is 4.80. The quantitative estimate of drug-likeness (QED) is 0.676. The number of fused-ring (bicyclic) bond motifs is 2. The first-order valence-corrected chi connectivity index (χ1v) is 7.80. The summed E-state index contributed by atoms with van der Waals surface area (Å²) in [6.45, 7) is 0. The molecule has 0 unspecified atom stereocenters. The molecule has 3 aromatic rings. The number of aryl methyl sites for hydroxylation is 1. The minimum Gasteiger partial charge on any atom is -0.507 e. The molecule has 2 heteroatoms. The zero-order chi connectivity index (χ0) is 15.1. The Labute approximate surface area is 129 Å². The third-order valence-corrected chi connectivity index (χ3v) is 4.67. The predicted molar refractivity (Wildman–Crippen MR) is 89.4 cm³/mol. The number of rotatable bonds is 1. The lowest BCUT2D eigenvalue weighted by atomic mass is 9.84. The zero-order valence-electron chi connectivity index (χ0n) is 12.3. The van der Waals surface area contributed by atoms with Crippen LogP contribution in [-0.2, 0) is 12.8 Å². The summed E-state index contributed by atoms with van der Waals surface area (Å²) in [4.78, 5) is 0. The lowest BCUT2D eigenvalue weighted by Crippen LogP contribution is -2.04. The Morgan fingerprint density at radius 1 is 0.682 bits per heavy atom. The minimum atomic E-state index is 0.230.